The van der Waals surface area contributed by atoms with Gasteiger partial charge in [0.05, 0.1) is 13.0 Å². The van der Waals surface area contributed by atoms with Crippen LogP contribution < -0.4 is 10.1 Å². The minimum Gasteiger partial charge on any atom is -0.435 e. The summed E-state index contributed by atoms with van der Waals surface area (Å²) in [5.74, 6) is 2.39. The maximum atomic E-state index is 12.6. The number of halogens is 3. The Hall–Kier alpha value is -2.26. The quantitative estimate of drug-likeness (QED) is 0.793. The van der Waals surface area contributed by atoms with Crippen molar-refractivity contribution in [2.45, 2.75) is 44.9 Å². The molecule has 0 unspecified atom stereocenters. The summed E-state index contributed by atoms with van der Waals surface area (Å²) in [6.45, 7) is 1.01. The Morgan fingerprint density at radius 3 is 2.79 bits per heavy atom. The average Bonchev–Trinajstić information content (AvgIpc) is 3.12. The van der Waals surface area contributed by atoms with Crippen LogP contribution in [-0.2, 0) is 24.3 Å². The molecule has 2 aliphatic heterocycles. The third kappa shape index (κ3) is 5.02. The van der Waals surface area contributed by atoms with E-state index < -0.39 is 6.61 Å². The Kier molecular flexibility index (Phi) is 7.02. The number of hydrogen-bond acceptors (Lipinski definition) is 5. The van der Waals surface area contributed by atoms with Gasteiger partial charge in [-0.15, -0.1) is 22.6 Å². The third-order valence-electron chi connectivity index (χ3n) is 5.34. The van der Waals surface area contributed by atoms with E-state index in [4.69, 9.17) is 0 Å². The van der Waals surface area contributed by atoms with E-state index >= 15 is 0 Å². The predicted octanol–water partition coefficient (Wildman–Crippen LogP) is 2.35. The van der Waals surface area contributed by atoms with Gasteiger partial charge in [-0.05, 0) is 30.5 Å². The lowest BCUT2D eigenvalue weighted by atomic mass is 9.95. The third-order valence-corrected chi connectivity index (χ3v) is 5.34. The molecule has 0 bridgehead atoms. The molecule has 3 heterocycles. The van der Waals surface area contributed by atoms with Gasteiger partial charge in [0.25, 0.3) is 0 Å². The van der Waals surface area contributed by atoms with Gasteiger partial charge in [-0.2, -0.15) is 8.78 Å². The highest BCUT2D eigenvalue weighted by Crippen LogP contribution is 2.28. The standard InChI is InChI=1S/C19H23F2N5O2.ClH/c20-19(21)28-15-3-1-2-13(10-15)11-17(27)25-7-4-14(5-8-25)18-24-23-16-12-22-6-9-26(16)18;/h1-3,10,14,19,22H,4-9,11-12H2;1H. The Morgan fingerprint density at radius 2 is 2.03 bits per heavy atom. The molecule has 0 radical (unpaired) electrons. The first kappa shape index (κ1) is 21.4. The summed E-state index contributed by atoms with van der Waals surface area (Å²) in [6.07, 6.45) is 1.88. The lowest BCUT2D eigenvalue weighted by Crippen LogP contribution is -2.39. The molecule has 1 fully saturated rings. The molecular formula is C19H24ClF2N5O2. The summed E-state index contributed by atoms with van der Waals surface area (Å²) in [5.41, 5.74) is 0.671. The van der Waals surface area contributed by atoms with Gasteiger partial charge in [-0.1, -0.05) is 12.1 Å². The number of carbonyl (C=O) groups is 1. The van der Waals surface area contributed by atoms with Crippen molar-refractivity contribution in [3.63, 3.8) is 0 Å². The minimum absolute atomic E-state index is 0. The van der Waals surface area contributed by atoms with Crippen LogP contribution in [0.25, 0.3) is 0 Å². The average molecular weight is 428 g/mol. The first-order valence-corrected chi connectivity index (χ1v) is 9.54. The van der Waals surface area contributed by atoms with Crippen LogP contribution in [-0.4, -0.2) is 51.8 Å². The second-order valence-electron chi connectivity index (χ2n) is 7.16. The molecule has 1 aromatic heterocycles. The fraction of sp³-hybridized carbons (Fsp3) is 0.526. The molecule has 10 heteroatoms. The van der Waals surface area contributed by atoms with E-state index in [2.05, 4.69) is 24.8 Å². The van der Waals surface area contributed by atoms with Gasteiger partial charge in [0, 0.05) is 32.1 Å². The number of piperidine rings is 1. The van der Waals surface area contributed by atoms with Crippen molar-refractivity contribution in [3.8, 4) is 5.75 Å². The summed E-state index contributed by atoms with van der Waals surface area (Å²) < 4.78 is 31.3. The Labute approximate surface area is 173 Å². The molecule has 0 atom stereocenters. The Balaban J connectivity index is 0.00000240. The van der Waals surface area contributed by atoms with E-state index in [0.717, 1.165) is 44.1 Å². The minimum atomic E-state index is -2.87. The largest absolute Gasteiger partial charge is 0.435 e. The van der Waals surface area contributed by atoms with Gasteiger partial charge in [0.1, 0.15) is 17.4 Å². The van der Waals surface area contributed by atoms with E-state index in [9.17, 15) is 13.6 Å². The first-order chi connectivity index (χ1) is 13.6. The smallest absolute Gasteiger partial charge is 0.387 e. The number of aromatic nitrogens is 3. The first-order valence-electron chi connectivity index (χ1n) is 9.54. The van der Waals surface area contributed by atoms with Crippen molar-refractivity contribution in [2.24, 2.45) is 0 Å². The highest BCUT2D eigenvalue weighted by atomic mass is 35.5. The van der Waals surface area contributed by atoms with Crippen molar-refractivity contribution in [1.82, 2.24) is 25.0 Å². The van der Waals surface area contributed by atoms with Crippen LogP contribution in [0.3, 0.4) is 0 Å². The number of likely N-dealkylation sites (tertiary alicyclic amines) is 1. The van der Waals surface area contributed by atoms with Crippen LogP contribution in [0.2, 0.25) is 0 Å². The number of rotatable bonds is 5. The highest BCUT2D eigenvalue weighted by molar-refractivity contribution is 5.85. The molecule has 1 amide bonds. The van der Waals surface area contributed by atoms with Crippen LogP contribution in [0.5, 0.6) is 5.75 Å². The molecule has 1 saturated heterocycles. The van der Waals surface area contributed by atoms with Crippen LogP contribution in [0.15, 0.2) is 24.3 Å². The van der Waals surface area contributed by atoms with E-state index in [1.54, 1.807) is 12.1 Å². The number of nitrogens with zero attached hydrogens (tertiary/aromatic N) is 4. The zero-order valence-corrected chi connectivity index (χ0v) is 16.7. The van der Waals surface area contributed by atoms with Crippen LogP contribution in [0.4, 0.5) is 8.78 Å². The Morgan fingerprint density at radius 1 is 1.24 bits per heavy atom. The van der Waals surface area contributed by atoms with Crippen LogP contribution >= 0.6 is 12.4 Å². The van der Waals surface area contributed by atoms with Crippen LogP contribution in [0, 0.1) is 0 Å². The molecule has 7 nitrogen and oxygen atoms in total. The lowest BCUT2D eigenvalue weighted by Gasteiger charge is -2.32. The van der Waals surface area contributed by atoms with E-state index in [-0.39, 0.29) is 30.5 Å². The van der Waals surface area contributed by atoms with Gasteiger partial charge in [0.15, 0.2) is 0 Å². The number of hydrogen-bond donors (Lipinski definition) is 1. The molecule has 29 heavy (non-hydrogen) atoms. The van der Waals surface area contributed by atoms with Gasteiger partial charge in [-0.3, -0.25) is 4.79 Å². The van der Waals surface area contributed by atoms with E-state index in [1.165, 1.54) is 12.1 Å². The van der Waals surface area contributed by atoms with Gasteiger partial charge in [-0.25, -0.2) is 0 Å². The number of benzene rings is 1. The summed E-state index contributed by atoms with van der Waals surface area (Å²) in [5, 5.41) is 12.0. The van der Waals surface area contributed by atoms with Gasteiger partial charge < -0.3 is 19.5 Å². The molecule has 2 aromatic rings. The molecule has 158 valence electrons. The number of amides is 1. The fourth-order valence-electron chi connectivity index (χ4n) is 3.92. The van der Waals surface area contributed by atoms with E-state index in [1.807, 2.05) is 4.90 Å². The van der Waals surface area contributed by atoms with Crippen molar-refractivity contribution in [2.75, 3.05) is 19.6 Å². The van der Waals surface area contributed by atoms with Crippen molar-refractivity contribution < 1.29 is 18.3 Å². The molecule has 0 saturated carbocycles. The number of fused-ring (bicyclic) bond motifs is 1. The summed E-state index contributed by atoms with van der Waals surface area (Å²) >= 11 is 0. The summed E-state index contributed by atoms with van der Waals surface area (Å²) in [4.78, 5) is 14.5. The topological polar surface area (TPSA) is 72.3 Å². The summed E-state index contributed by atoms with van der Waals surface area (Å²) in [6, 6.07) is 6.32. The second kappa shape index (κ2) is 9.49. The number of nitrogens with one attached hydrogen (secondary N) is 1. The Bertz CT molecular complexity index is 840. The SMILES string of the molecule is Cl.O=C(Cc1cccc(OC(F)F)c1)N1CCC(c2nnc3n2CCNC3)CC1. The van der Waals surface area contributed by atoms with Crippen molar-refractivity contribution >= 4 is 18.3 Å². The molecule has 1 aromatic carbocycles. The van der Waals surface area contributed by atoms with Gasteiger partial charge >= 0.3 is 6.61 Å². The molecule has 0 aliphatic carbocycles. The lowest BCUT2D eigenvalue weighted by molar-refractivity contribution is -0.131. The normalized spacial score (nSPS) is 17.0. The monoisotopic (exact) mass is 427 g/mol. The zero-order chi connectivity index (χ0) is 19.5. The summed E-state index contributed by atoms with van der Waals surface area (Å²) in [7, 11) is 0. The van der Waals surface area contributed by atoms with Gasteiger partial charge in [0.2, 0.25) is 5.91 Å². The van der Waals surface area contributed by atoms with E-state index in [0.29, 0.717) is 24.6 Å². The maximum Gasteiger partial charge on any atom is 0.387 e. The molecule has 4 rings (SSSR count). The van der Waals surface area contributed by atoms with Crippen molar-refractivity contribution in [1.29, 1.82) is 0 Å². The molecule has 0 spiro atoms. The fourth-order valence-corrected chi connectivity index (χ4v) is 3.92. The van der Waals surface area contributed by atoms with Crippen LogP contribution in [0.1, 0.15) is 36.0 Å². The molecule has 2 aliphatic rings. The number of ether oxygens (including phenoxy) is 1. The molecular weight excluding hydrogens is 404 g/mol. The second-order valence-corrected chi connectivity index (χ2v) is 7.16. The van der Waals surface area contributed by atoms with Crippen molar-refractivity contribution in [3.05, 3.63) is 41.5 Å². The predicted molar refractivity (Wildman–Crippen MR) is 104 cm³/mol. The maximum absolute atomic E-state index is 12.6. The zero-order valence-electron chi connectivity index (χ0n) is 15.9. The highest BCUT2D eigenvalue weighted by Gasteiger charge is 2.28. The number of carbonyl (C=O) groups excluding carboxylic acids is 1. The number of alkyl halides is 2. The molecule has 1 N–H and O–H groups in total.